The summed E-state index contributed by atoms with van der Waals surface area (Å²) >= 11 is 6.29. The molecule has 1 fully saturated rings. The molecule has 2 unspecified atom stereocenters. The van der Waals surface area contributed by atoms with Crippen molar-refractivity contribution >= 4 is 34.4 Å². The second kappa shape index (κ2) is 10.2. The molecule has 1 saturated carbocycles. The van der Waals surface area contributed by atoms with E-state index in [-0.39, 0.29) is 29.7 Å². The van der Waals surface area contributed by atoms with Crippen LogP contribution >= 0.6 is 11.6 Å². The lowest BCUT2D eigenvalue weighted by Gasteiger charge is -2.44. The summed E-state index contributed by atoms with van der Waals surface area (Å²) in [4.78, 5) is 24.7. The number of nitrogens with zero attached hydrogens (tertiary/aromatic N) is 1. The molecule has 1 amide bonds. The summed E-state index contributed by atoms with van der Waals surface area (Å²) < 4.78 is 40.5. The first kappa shape index (κ1) is 26.1. The summed E-state index contributed by atoms with van der Waals surface area (Å²) in [5.74, 6) is -1.06. The van der Waals surface area contributed by atoms with Crippen LogP contribution in [0.3, 0.4) is 0 Å². The number of amides is 1. The Hall–Kier alpha value is -3.00. The molecular formula is C27H28ClF3N2O3. The van der Waals surface area contributed by atoms with E-state index in [0.717, 1.165) is 17.5 Å². The van der Waals surface area contributed by atoms with Gasteiger partial charge in [-0.2, -0.15) is 13.2 Å². The van der Waals surface area contributed by atoms with E-state index in [0.29, 0.717) is 47.5 Å². The average Bonchev–Trinajstić information content (AvgIpc) is 3.21. The third kappa shape index (κ3) is 5.38. The van der Waals surface area contributed by atoms with Gasteiger partial charge in [-0.3, -0.25) is 9.59 Å². The van der Waals surface area contributed by atoms with Gasteiger partial charge in [-0.1, -0.05) is 37.6 Å². The maximum Gasteiger partial charge on any atom is 0.416 e. The van der Waals surface area contributed by atoms with E-state index in [1.165, 1.54) is 12.1 Å². The molecule has 0 bridgehead atoms. The number of hydrogen-bond acceptors (Lipinski definition) is 2. The standard InChI is InChI=1S/C27H28ClF3N2O3/c1-3-17(26(35)36)10-19-12-23(15(19)2)32-25(34)22-13-21(28)11-18-8-9-33(24(18)22)14-16-4-6-20(7-5-16)27(29,30)31/h4-9,11,13,15,17,19,23H,3,10,12,14H2,1-2H3,(H,32,34)(H,35,36)/t15-,17+,19?,23?/m0/s1. The maximum absolute atomic E-state index is 13.3. The lowest BCUT2D eigenvalue weighted by atomic mass is 9.66. The maximum atomic E-state index is 13.3. The zero-order valence-electron chi connectivity index (χ0n) is 20.0. The van der Waals surface area contributed by atoms with Crippen molar-refractivity contribution in [2.75, 3.05) is 0 Å². The van der Waals surface area contributed by atoms with Crippen molar-refractivity contribution in [2.24, 2.45) is 17.8 Å². The minimum Gasteiger partial charge on any atom is -0.481 e. The second-order valence-corrected chi connectivity index (χ2v) is 10.1. The van der Waals surface area contributed by atoms with E-state index < -0.39 is 17.7 Å². The molecule has 1 heterocycles. The largest absolute Gasteiger partial charge is 0.481 e. The van der Waals surface area contributed by atoms with E-state index in [4.69, 9.17) is 11.6 Å². The van der Waals surface area contributed by atoms with Crippen LogP contribution in [-0.2, 0) is 17.5 Å². The molecule has 1 aliphatic rings. The van der Waals surface area contributed by atoms with Crippen molar-refractivity contribution in [1.29, 1.82) is 0 Å². The third-order valence-electron chi connectivity index (χ3n) is 7.38. The van der Waals surface area contributed by atoms with Crippen LogP contribution in [0.2, 0.25) is 5.02 Å². The molecular weight excluding hydrogens is 493 g/mol. The first-order chi connectivity index (χ1) is 17.0. The van der Waals surface area contributed by atoms with Gasteiger partial charge in [-0.05, 0) is 67.0 Å². The zero-order valence-corrected chi connectivity index (χ0v) is 20.7. The van der Waals surface area contributed by atoms with Crippen LogP contribution in [0, 0.1) is 17.8 Å². The van der Waals surface area contributed by atoms with Crippen LogP contribution in [0.5, 0.6) is 0 Å². The van der Waals surface area contributed by atoms with Crippen molar-refractivity contribution in [2.45, 2.75) is 51.9 Å². The number of carbonyl (C=O) groups excluding carboxylic acids is 1. The number of carboxylic acids is 1. The Bertz CT molecular complexity index is 1270. The molecule has 1 aromatic heterocycles. The van der Waals surface area contributed by atoms with Gasteiger partial charge >= 0.3 is 12.1 Å². The first-order valence-electron chi connectivity index (χ1n) is 12.0. The molecule has 9 heteroatoms. The van der Waals surface area contributed by atoms with E-state index >= 15 is 0 Å². The van der Waals surface area contributed by atoms with Crippen molar-refractivity contribution in [3.05, 3.63) is 70.4 Å². The Morgan fingerprint density at radius 3 is 2.47 bits per heavy atom. The summed E-state index contributed by atoms with van der Waals surface area (Å²) in [6, 6.07) is 10.1. The Morgan fingerprint density at radius 2 is 1.89 bits per heavy atom. The number of carboxylic acid groups (broad SMARTS) is 1. The average molecular weight is 521 g/mol. The molecule has 0 aliphatic heterocycles. The van der Waals surface area contributed by atoms with Crippen LogP contribution < -0.4 is 5.32 Å². The summed E-state index contributed by atoms with van der Waals surface area (Å²) in [7, 11) is 0. The number of hydrogen-bond donors (Lipinski definition) is 2. The fraction of sp³-hybridized carbons (Fsp3) is 0.407. The molecule has 5 nitrogen and oxygen atoms in total. The van der Waals surface area contributed by atoms with E-state index in [1.807, 2.05) is 24.5 Å². The normalized spacial score (nSPS) is 20.7. The molecule has 4 rings (SSSR count). The fourth-order valence-corrected chi connectivity index (χ4v) is 5.28. The molecule has 4 atom stereocenters. The van der Waals surface area contributed by atoms with Gasteiger partial charge < -0.3 is 15.0 Å². The number of halogens is 4. The molecule has 0 spiro atoms. The van der Waals surface area contributed by atoms with Crippen molar-refractivity contribution in [3.8, 4) is 0 Å². The smallest absolute Gasteiger partial charge is 0.416 e. The lowest BCUT2D eigenvalue weighted by molar-refractivity contribution is -0.143. The molecule has 2 aromatic carbocycles. The summed E-state index contributed by atoms with van der Waals surface area (Å²) in [5, 5.41) is 13.6. The van der Waals surface area contributed by atoms with Crippen LogP contribution in [0.4, 0.5) is 13.2 Å². The number of rotatable bonds is 8. The van der Waals surface area contributed by atoms with E-state index in [9.17, 15) is 27.9 Å². The van der Waals surface area contributed by atoms with Crippen molar-refractivity contribution < 1.29 is 27.9 Å². The number of benzene rings is 2. The topological polar surface area (TPSA) is 71.3 Å². The number of aromatic nitrogens is 1. The monoisotopic (exact) mass is 520 g/mol. The first-order valence-corrected chi connectivity index (χ1v) is 12.3. The van der Waals surface area contributed by atoms with Gasteiger partial charge in [0, 0.05) is 29.2 Å². The Morgan fingerprint density at radius 1 is 1.19 bits per heavy atom. The number of aliphatic carboxylic acids is 1. The number of carbonyl (C=O) groups is 2. The molecule has 36 heavy (non-hydrogen) atoms. The highest BCUT2D eigenvalue weighted by atomic mass is 35.5. The predicted molar refractivity (Wildman–Crippen MR) is 132 cm³/mol. The van der Waals surface area contributed by atoms with Crippen molar-refractivity contribution in [1.82, 2.24) is 9.88 Å². The van der Waals surface area contributed by atoms with Crippen LogP contribution in [0.1, 0.15) is 54.6 Å². The van der Waals surface area contributed by atoms with Crippen LogP contribution in [0.25, 0.3) is 10.9 Å². The molecule has 1 aliphatic carbocycles. The van der Waals surface area contributed by atoms with Gasteiger partial charge in [-0.25, -0.2) is 0 Å². The molecule has 0 radical (unpaired) electrons. The Kier molecular flexibility index (Phi) is 7.36. The molecule has 3 aromatic rings. The van der Waals surface area contributed by atoms with Gasteiger partial charge in [0.2, 0.25) is 0 Å². The minimum atomic E-state index is -4.40. The SMILES string of the molecule is CC[C@H](CC1CC(NC(=O)c2cc(Cl)cc3ccn(Cc4ccc(C(F)(F)F)cc4)c23)[C@H]1C)C(=O)O. The molecule has 2 N–H and O–H groups in total. The predicted octanol–water partition coefficient (Wildman–Crippen LogP) is 6.62. The van der Waals surface area contributed by atoms with Gasteiger partial charge in [-0.15, -0.1) is 0 Å². The summed E-state index contributed by atoms with van der Waals surface area (Å²) in [6.45, 7) is 4.18. The molecule has 0 saturated heterocycles. The summed E-state index contributed by atoms with van der Waals surface area (Å²) in [5.41, 5.74) is 0.998. The molecule has 192 valence electrons. The van der Waals surface area contributed by atoms with Gasteiger partial charge in [0.05, 0.1) is 22.6 Å². The fourth-order valence-electron chi connectivity index (χ4n) is 5.06. The number of fused-ring (bicyclic) bond motifs is 1. The van der Waals surface area contributed by atoms with Gasteiger partial charge in [0.1, 0.15) is 0 Å². The highest BCUT2D eigenvalue weighted by molar-refractivity contribution is 6.32. The second-order valence-electron chi connectivity index (χ2n) is 9.64. The highest BCUT2D eigenvalue weighted by Gasteiger charge is 2.40. The van der Waals surface area contributed by atoms with E-state index in [2.05, 4.69) is 5.32 Å². The number of alkyl halides is 3. The quantitative estimate of drug-likeness (QED) is 0.351. The number of nitrogens with one attached hydrogen (secondary N) is 1. The Labute approximate surface area is 212 Å². The summed E-state index contributed by atoms with van der Waals surface area (Å²) in [6.07, 6.45) is -0.729. The van der Waals surface area contributed by atoms with Gasteiger partial charge in [0.15, 0.2) is 0 Å². The van der Waals surface area contributed by atoms with E-state index in [1.54, 1.807) is 18.3 Å². The van der Waals surface area contributed by atoms with Crippen molar-refractivity contribution in [3.63, 3.8) is 0 Å². The van der Waals surface area contributed by atoms with Crippen LogP contribution in [-0.4, -0.2) is 27.6 Å². The highest BCUT2D eigenvalue weighted by Crippen LogP contribution is 2.40. The third-order valence-corrected chi connectivity index (χ3v) is 7.60. The minimum absolute atomic E-state index is 0.0684. The lowest BCUT2D eigenvalue weighted by Crippen LogP contribution is -2.52. The van der Waals surface area contributed by atoms with Crippen LogP contribution in [0.15, 0.2) is 48.7 Å². The zero-order chi connectivity index (χ0) is 26.2. The Balaban J connectivity index is 1.52. The van der Waals surface area contributed by atoms with Gasteiger partial charge in [0.25, 0.3) is 5.91 Å².